The molecule has 2 aromatic heterocycles. The van der Waals surface area contributed by atoms with E-state index in [4.69, 9.17) is 0 Å². The number of H-pyrrole nitrogens is 1. The highest BCUT2D eigenvalue weighted by molar-refractivity contribution is 5.93. The summed E-state index contributed by atoms with van der Waals surface area (Å²) < 4.78 is 13.1. The zero-order chi connectivity index (χ0) is 18.8. The summed E-state index contributed by atoms with van der Waals surface area (Å²) in [6, 6.07) is 13.7. The molecular weight excluding hydrogens is 345 g/mol. The van der Waals surface area contributed by atoms with Crippen molar-refractivity contribution in [3.63, 3.8) is 0 Å². The minimum Gasteiger partial charge on any atom is -0.353 e. The number of anilines is 1. The lowest BCUT2D eigenvalue weighted by atomic mass is 10.1. The molecule has 0 aliphatic carbocycles. The molecule has 0 atom stereocenters. The Morgan fingerprint density at radius 2 is 1.81 bits per heavy atom. The molecule has 0 unspecified atom stereocenters. The molecule has 0 spiro atoms. The van der Waals surface area contributed by atoms with Crippen molar-refractivity contribution in [2.45, 2.75) is 6.92 Å². The predicted octanol–water partition coefficient (Wildman–Crippen LogP) is 2.88. The highest BCUT2D eigenvalue weighted by Gasteiger charge is 2.24. The summed E-state index contributed by atoms with van der Waals surface area (Å²) in [6.45, 7) is 4.70. The first-order valence-electron chi connectivity index (χ1n) is 8.89. The van der Waals surface area contributed by atoms with Crippen molar-refractivity contribution in [2.75, 3.05) is 31.1 Å². The number of hydrogen-bond acceptors (Lipinski definition) is 4. The summed E-state index contributed by atoms with van der Waals surface area (Å²) in [5.41, 5.74) is 2.82. The van der Waals surface area contributed by atoms with Gasteiger partial charge < -0.3 is 9.80 Å². The van der Waals surface area contributed by atoms with Crippen LogP contribution in [0.25, 0.3) is 11.3 Å². The quantitative estimate of drug-likeness (QED) is 0.775. The lowest BCUT2D eigenvalue weighted by molar-refractivity contribution is 0.0740. The SMILES string of the molecule is Cc1cccc(N2CCN(C(=O)c3cc(-c4ccc(F)cc4)n[nH]3)CC2)n1. The number of piperazine rings is 1. The maximum Gasteiger partial charge on any atom is 0.272 e. The Hall–Kier alpha value is -3.22. The Bertz CT molecular complexity index is 945. The molecule has 1 aliphatic rings. The normalized spacial score (nSPS) is 14.4. The molecule has 7 heteroatoms. The number of carbonyl (C=O) groups excluding carboxylic acids is 1. The molecule has 0 radical (unpaired) electrons. The van der Waals surface area contributed by atoms with Gasteiger partial charge in [0.05, 0.1) is 5.69 Å². The number of aromatic amines is 1. The number of aromatic nitrogens is 3. The van der Waals surface area contributed by atoms with E-state index in [-0.39, 0.29) is 11.7 Å². The Morgan fingerprint density at radius 1 is 1.07 bits per heavy atom. The summed E-state index contributed by atoms with van der Waals surface area (Å²) in [4.78, 5) is 21.3. The van der Waals surface area contributed by atoms with E-state index in [1.165, 1.54) is 12.1 Å². The summed E-state index contributed by atoms with van der Waals surface area (Å²) in [5, 5.41) is 6.99. The first-order chi connectivity index (χ1) is 13.1. The van der Waals surface area contributed by atoms with Gasteiger partial charge in [-0.15, -0.1) is 0 Å². The average molecular weight is 365 g/mol. The van der Waals surface area contributed by atoms with E-state index in [2.05, 4.69) is 20.1 Å². The zero-order valence-electron chi connectivity index (χ0n) is 15.0. The summed E-state index contributed by atoms with van der Waals surface area (Å²) in [5.74, 6) is 0.571. The van der Waals surface area contributed by atoms with Crippen molar-refractivity contribution in [3.8, 4) is 11.3 Å². The van der Waals surface area contributed by atoms with Crippen LogP contribution >= 0.6 is 0 Å². The van der Waals surface area contributed by atoms with Crippen molar-refractivity contribution in [2.24, 2.45) is 0 Å². The van der Waals surface area contributed by atoms with Crippen molar-refractivity contribution in [1.29, 1.82) is 0 Å². The summed E-state index contributed by atoms with van der Waals surface area (Å²) in [7, 11) is 0. The van der Waals surface area contributed by atoms with E-state index in [1.54, 1.807) is 18.2 Å². The van der Waals surface area contributed by atoms with Crippen LogP contribution in [0.15, 0.2) is 48.5 Å². The van der Waals surface area contributed by atoms with E-state index in [0.717, 1.165) is 30.2 Å². The number of benzene rings is 1. The summed E-state index contributed by atoms with van der Waals surface area (Å²) in [6.07, 6.45) is 0. The first-order valence-corrected chi connectivity index (χ1v) is 8.89. The molecule has 0 saturated carbocycles. The van der Waals surface area contributed by atoms with Gasteiger partial charge in [0.25, 0.3) is 5.91 Å². The van der Waals surface area contributed by atoms with Crippen molar-refractivity contribution in [3.05, 3.63) is 65.7 Å². The Labute approximate surface area is 156 Å². The molecule has 27 heavy (non-hydrogen) atoms. The van der Waals surface area contributed by atoms with E-state index in [0.29, 0.717) is 24.5 Å². The highest BCUT2D eigenvalue weighted by Crippen LogP contribution is 2.20. The summed E-state index contributed by atoms with van der Waals surface area (Å²) >= 11 is 0. The number of nitrogens with one attached hydrogen (secondary N) is 1. The van der Waals surface area contributed by atoms with E-state index >= 15 is 0 Å². The molecule has 6 nitrogen and oxygen atoms in total. The van der Waals surface area contributed by atoms with Crippen LogP contribution in [0.5, 0.6) is 0 Å². The van der Waals surface area contributed by atoms with Gasteiger partial charge in [-0.2, -0.15) is 5.10 Å². The molecule has 1 aliphatic heterocycles. The molecule has 1 amide bonds. The first kappa shape index (κ1) is 17.2. The van der Waals surface area contributed by atoms with Gasteiger partial charge in [-0.3, -0.25) is 9.89 Å². The third-order valence-electron chi connectivity index (χ3n) is 4.71. The van der Waals surface area contributed by atoms with Crippen LogP contribution in [0.2, 0.25) is 0 Å². The van der Waals surface area contributed by atoms with Gasteiger partial charge in [0.1, 0.15) is 17.3 Å². The number of pyridine rings is 1. The van der Waals surface area contributed by atoms with Gasteiger partial charge in [-0.25, -0.2) is 9.37 Å². The molecule has 3 aromatic rings. The van der Waals surface area contributed by atoms with Gasteiger partial charge in [-0.05, 0) is 49.4 Å². The van der Waals surface area contributed by atoms with Crippen LogP contribution in [-0.2, 0) is 0 Å². The fourth-order valence-corrected chi connectivity index (χ4v) is 3.21. The number of amides is 1. The second-order valence-corrected chi connectivity index (χ2v) is 6.59. The lowest BCUT2D eigenvalue weighted by Gasteiger charge is -2.35. The van der Waals surface area contributed by atoms with Crippen molar-refractivity contribution in [1.82, 2.24) is 20.1 Å². The third kappa shape index (κ3) is 3.67. The average Bonchev–Trinajstić information content (AvgIpc) is 3.18. The highest BCUT2D eigenvalue weighted by atomic mass is 19.1. The van der Waals surface area contributed by atoms with Crippen LogP contribution in [0, 0.1) is 12.7 Å². The maximum atomic E-state index is 13.1. The molecule has 3 heterocycles. The molecule has 1 fully saturated rings. The van der Waals surface area contributed by atoms with Gasteiger partial charge in [0.15, 0.2) is 0 Å². The van der Waals surface area contributed by atoms with E-state index in [9.17, 15) is 9.18 Å². The van der Waals surface area contributed by atoms with Crippen LogP contribution in [0.4, 0.5) is 10.2 Å². The zero-order valence-corrected chi connectivity index (χ0v) is 15.0. The molecule has 4 rings (SSSR count). The molecule has 1 N–H and O–H groups in total. The standard InChI is InChI=1S/C20H20FN5O/c1-14-3-2-4-19(22-14)25-9-11-26(12-10-25)20(27)18-13-17(23-24-18)15-5-7-16(21)8-6-15/h2-8,13H,9-12H2,1H3,(H,23,24). The van der Waals surface area contributed by atoms with Gasteiger partial charge >= 0.3 is 0 Å². The molecular formula is C20H20FN5O. The topological polar surface area (TPSA) is 65.1 Å². The third-order valence-corrected chi connectivity index (χ3v) is 4.71. The number of nitrogens with zero attached hydrogens (tertiary/aromatic N) is 4. The van der Waals surface area contributed by atoms with Crippen LogP contribution < -0.4 is 4.90 Å². The minimum absolute atomic E-state index is 0.0762. The Morgan fingerprint density at radius 3 is 2.52 bits per heavy atom. The van der Waals surface area contributed by atoms with Crippen LogP contribution in [-0.4, -0.2) is 52.2 Å². The monoisotopic (exact) mass is 365 g/mol. The van der Waals surface area contributed by atoms with Gasteiger partial charge in [-0.1, -0.05) is 6.07 Å². The molecule has 138 valence electrons. The minimum atomic E-state index is -0.299. The Balaban J connectivity index is 1.42. The van der Waals surface area contributed by atoms with Gasteiger partial charge in [0.2, 0.25) is 0 Å². The number of carbonyl (C=O) groups is 1. The fourth-order valence-electron chi connectivity index (χ4n) is 3.21. The smallest absolute Gasteiger partial charge is 0.272 e. The molecule has 1 saturated heterocycles. The van der Waals surface area contributed by atoms with Crippen molar-refractivity contribution >= 4 is 11.7 Å². The number of rotatable bonds is 3. The maximum absolute atomic E-state index is 13.1. The number of aryl methyl sites for hydroxylation is 1. The van der Waals surface area contributed by atoms with E-state index < -0.39 is 0 Å². The predicted molar refractivity (Wildman–Crippen MR) is 101 cm³/mol. The number of hydrogen-bond donors (Lipinski definition) is 1. The van der Waals surface area contributed by atoms with Crippen LogP contribution in [0.3, 0.4) is 0 Å². The lowest BCUT2D eigenvalue weighted by Crippen LogP contribution is -2.49. The molecule has 0 bridgehead atoms. The van der Waals surface area contributed by atoms with E-state index in [1.807, 2.05) is 30.0 Å². The Kier molecular flexibility index (Phi) is 4.58. The second-order valence-electron chi connectivity index (χ2n) is 6.59. The second kappa shape index (κ2) is 7.19. The van der Waals surface area contributed by atoms with Crippen LogP contribution in [0.1, 0.15) is 16.2 Å². The van der Waals surface area contributed by atoms with Crippen molar-refractivity contribution < 1.29 is 9.18 Å². The largest absolute Gasteiger partial charge is 0.353 e. The fraction of sp³-hybridized carbons (Fsp3) is 0.250. The number of halogens is 1. The van der Waals surface area contributed by atoms with Gasteiger partial charge in [0, 0.05) is 37.4 Å². The molecule has 1 aromatic carbocycles.